The van der Waals surface area contributed by atoms with Crippen molar-refractivity contribution in [2.24, 2.45) is 11.8 Å². The molecule has 2 saturated carbocycles. The Morgan fingerprint density at radius 1 is 0.880 bits per heavy atom. The standard InChI is InChI=1S/C23H35NO/c1-2-5-19(6-3-1)7-4-16-25-23-11-10-21-12-14-24(18-20-8-9-20)15-13-22(21)17-23/h10-11,17,19-20H,1-9,12-16,18H2. The number of rotatable bonds is 7. The van der Waals surface area contributed by atoms with Crippen LogP contribution >= 0.6 is 0 Å². The summed E-state index contributed by atoms with van der Waals surface area (Å²) in [4.78, 5) is 2.68. The van der Waals surface area contributed by atoms with E-state index < -0.39 is 0 Å². The lowest BCUT2D eigenvalue weighted by Gasteiger charge is -2.21. The van der Waals surface area contributed by atoms with E-state index in [9.17, 15) is 0 Å². The molecule has 1 aromatic carbocycles. The lowest BCUT2D eigenvalue weighted by atomic mass is 9.86. The highest BCUT2D eigenvalue weighted by atomic mass is 16.5. The van der Waals surface area contributed by atoms with Crippen molar-refractivity contribution in [2.75, 3.05) is 26.2 Å². The van der Waals surface area contributed by atoms with Gasteiger partial charge in [-0.2, -0.15) is 0 Å². The van der Waals surface area contributed by atoms with Crippen molar-refractivity contribution in [3.05, 3.63) is 29.3 Å². The Hall–Kier alpha value is -1.02. The molecule has 0 bridgehead atoms. The van der Waals surface area contributed by atoms with Gasteiger partial charge in [-0.05, 0) is 73.6 Å². The Bertz CT molecular complexity index is 545. The van der Waals surface area contributed by atoms with Gasteiger partial charge in [-0.3, -0.25) is 0 Å². The molecule has 3 aliphatic rings. The van der Waals surface area contributed by atoms with Crippen molar-refractivity contribution < 1.29 is 4.74 Å². The summed E-state index contributed by atoms with van der Waals surface area (Å²) in [5.41, 5.74) is 3.08. The van der Waals surface area contributed by atoms with Crippen LogP contribution in [0.2, 0.25) is 0 Å². The first-order chi connectivity index (χ1) is 12.4. The summed E-state index contributed by atoms with van der Waals surface area (Å²) < 4.78 is 6.09. The minimum atomic E-state index is 0.892. The highest BCUT2D eigenvalue weighted by molar-refractivity contribution is 5.36. The average Bonchev–Trinajstić information content (AvgIpc) is 3.48. The van der Waals surface area contributed by atoms with Gasteiger partial charge in [0.2, 0.25) is 0 Å². The summed E-state index contributed by atoms with van der Waals surface area (Å²) in [7, 11) is 0. The minimum Gasteiger partial charge on any atom is -0.494 e. The summed E-state index contributed by atoms with van der Waals surface area (Å²) in [6.45, 7) is 4.70. The molecule has 0 amide bonds. The van der Waals surface area contributed by atoms with Gasteiger partial charge in [-0.15, -0.1) is 0 Å². The van der Waals surface area contributed by atoms with Gasteiger partial charge in [0.1, 0.15) is 5.75 Å². The molecule has 0 aromatic heterocycles. The number of fused-ring (bicyclic) bond motifs is 1. The molecule has 1 heterocycles. The molecular formula is C23H35NO. The van der Waals surface area contributed by atoms with Crippen LogP contribution in [0.5, 0.6) is 5.75 Å². The highest BCUT2D eigenvalue weighted by Gasteiger charge is 2.25. The molecule has 0 atom stereocenters. The van der Waals surface area contributed by atoms with Crippen LogP contribution in [-0.2, 0) is 12.8 Å². The largest absolute Gasteiger partial charge is 0.494 e. The van der Waals surface area contributed by atoms with Crippen LogP contribution in [0.3, 0.4) is 0 Å². The van der Waals surface area contributed by atoms with Gasteiger partial charge in [0.25, 0.3) is 0 Å². The average molecular weight is 342 g/mol. The first-order valence-electron chi connectivity index (χ1n) is 10.8. The fraction of sp³-hybridized carbons (Fsp3) is 0.739. The third-order valence-corrected chi connectivity index (χ3v) is 6.54. The van der Waals surface area contributed by atoms with Crippen molar-refractivity contribution in [2.45, 2.75) is 70.6 Å². The number of benzene rings is 1. The van der Waals surface area contributed by atoms with E-state index in [1.165, 1.54) is 95.8 Å². The first kappa shape index (κ1) is 17.4. The SMILES string of the molecule is c1cc2c(cc1OCCCC1CCCCC1)CCN(CC1CC1)CC2. The van der Waals surface area contributed by atoms with Crippen molar-refractivity contribution in [3.8, 4) is 5.75 Å². The smallest absolute Gasteiger partial charge is 0.119 e. The Morgan fingerprint density at radius 2 is 1.68 bits per heavy atom. The third-order valence-electron chi connectivity index (χ3n) is 6.54. The minimum absolute atomic E-state index is 0.892. The topological polar surface area (TPSA) is 12.5 Å². The van der Waals surface area contributed by atoms with Gasteiger partial charge < -0.3 is 9.64 Å². The molecule has 2 fully saturated rings. The molecule has 1 aliphatic heterocycles. The molecule has 0 N–H and O–H groups in total. The summed E-state index contributed by atoms with van der Waals surface area (Å²) in [5, 5.41) is 0. The molecule has 0 radical (unpaired) electrons. The predicted octanol–water partition coefficient (Wildman–Crippen LogP) is 5.24. The molecule has 138 valence electrons. The zero-order valence-electron chi connectivity index (χ0n) is 15.8. The van der Waals surface area contributed by atoms with Gasteiger partial charge in [0, 0.05) is 19.6 Å². The fourth-order valence-electron chi connectivity index (χ4n) is 4.72. The number of nitrogens with zero attached hydrogens (tertiary/aromatic N) is 1. The van der Waals surface area contributed by atoms with Crippen LogP contribution < -0.4 is 4.74 Å². The number of ether oxygens (including phenoxy) is 1. The second-order valence-electron chi connectivity index (χ2n) is 8.67. The van der Waals surface area contributed by atoms with Crippen LogP contribution in [-0.4, -0.2) is 31.1 Å². The second-order valence-corrected chi connectivity index (χ2v) is 8.67. The van der Waals surface area contributed by atoms with E-state index in [0.717, 1.165) is 24.2 Å². The van der Waals surface area contributed by atoms with Crippen molar-refractivity contribution in [1.82, 2.24) is 4.90 Å². The van der Waals surface area contributed by atoms with Crippen LogP contribution in [0.25, 0.3) is 0 Å². The van der Waals surface area contributed by atoms with E-state index in [0.29, 0.717) is 0 Å². The van der Waals surface area contributed by atoms with Gasteiger partial charge in [-0.1, -0.05) is 38.2 Å². The molecule has 2 nitrogen and oxygen atoms in total. The lowest BCUT2D eigenvalue weighted by Crippen LogP contribution is -2.28. The maximum absolute atomic E-state index is 6.09. The molecular weight excluding hydrogens is 306 g/mol. The van der Waals surface area contributed by atoms with E-state index in [-0.39, 0.29) is 0 Å². The monoisotopic (exact) mass is 341 g/mol. The number of hydrogen-bond donors (Lipinski definition) is 0. The summed E-state index contributed by atoms with van der Waals surface area (Å²) >= 11 is 0. The molecule has 0 saturated heterocycles. The van der Waals surface area contributed by atoms with Gasteiger partial charge in [-0.25, -0.2) is 0 Å². The zero-order chi connectivity index (χ0) is 16.9. The summed E-state index contributed by atoms with van der Waals surface area (Å²) in [6, 6.07) is 6.86. The first-order valence-corrected chi connectivity index (χ1v) is 10.8. The molecule has 0 unspecified atom stereocenters. The van der Waals surface area contributed by atoms with Gasteiger partial charge in [0.15, 0.2) is 0 Å². The Kier molecular flexibility index (Phi) is 5.97. The molecule has 2 aliphatic carbocycles. The van der Waals surface area contributed by atoms with E-state index in [1.54, 1.807) is 5.56 Å². The van der Waals surface area contributed by atoms with Crippen molar-refractivity contribution in [3.63, 3.8) is 0 Å². The maximum atomic E-state index is 6.09. The summed E-state index contributed by atoms with van der Waals surface area (Å²) in [5.74, 6) is 3.07. The van der Waals surface area contributed by atoms with E-state index in [4.69, 9.17) is 4.74 Å². The molecule has 1 aromatic rings. The van der Waals surface area contributed by atoms with E-state index in [1.807, 2.05) is 0 Å². The third kappa shape index (κ3) is 5.23. The Labute approximate surface area is 153 Å². The van der Waals surface area contributed by atoms with Crippen molar-refractivity contribution >= 4 is 0 Å². The molecule has 4 rings (SSSR count). The predicted molar refractivity (Wildman–Crippen MR) is 104 cm³/mol. The Balaban J connectivity index is 1.23. The van der Waals surface area contributed by atoms with Crippen LogP contribution in [0, 0.1) is 11.8 Å². The van der Waals surface area contributed by atoms with Gasteiger partial charge in [0.05, 0.1) is 6.61 Å². The highest BCUT2D eigenvalue weighted by Crippen LogP contribution is 2.31. The van der Waals surface area contributed by atoms with E-state index in [2.05, 4.69) is 23.1 Å². The zero-order valence-corrected chi connectivity index (χ0v) is 15.8. The fourth-order valence-corrected chi connectivity index (χ4v) is 4.72. The van der Waals surface area contributed by atoms with Crippen LogP contribution in [0.4, 0.5) is 0 Å². The number of hydrogen-bond acceptors (Lipinski definition) is 2. The molecule has 2 heteroatoms. The molecule has 25 heavy (non-hydrogen) atoms. The quantitative estimate of drug-likeness (QED) is 0.629. The Morgan fingerprint density at radius 3 is 2.48 bits per heavy atom. The van der Waals surface area contributed by atoms with Gasteiger partial charge >= 0.3 is 0 Å². The normalized spacial score (nSPS) is 22.4. The van der Waals surface area contributed by atoms with Crippen molar-refractivity contribution in [1.29, 1.82) is 0 Å². The van der Waals surface area contributed by atoms with Crippen LogP contribution in [0.1, 0.15) is 68.9 Å². The summed E-state index contributed by atoms with van der Waals surface area (Å²) in [6.07, 6.45) is 15.2. The second kappa shape index (κ2) is 8.58. The van der Waals surface area contributed by atoms with Crippen LogP contribution in [0.15, 0.2) is 18.2 Å². The maximum Gasteiger partial charge on any atom is 0.119 e. The molecule has 0 spiro atoms. The van der Waals surface area contributed by atoms with E-state index >= 15 is 0 Å². The lowest BCUT2D eigenvalue weighted by molar-refractivity contribution is 0.268.